The number of piperidine rings is 1. The second kappa shape index (κ2) is 5.33. The van der Waals surface area contributed by atoms with Gasteiger partial charge in [0.1, 0.15) is 0 Å². The molecule has 0 radical (unpaired) electrons. The number of likely N-dealkylation sites (tertiary alicyclic amines) is 1. The second-order valence-corrected chi connectivity index (χ2v) is 5.45. The van der Waals surface area contributed by atoms with Gasteiger partial charge in [0.15, 0.2) is 0 Å². The molecule has 0 spiro atoms. The third-order valence-electron chi connectivity index (χ3n) is 3.43. The first-order valence-electron chi connectivity index (χ1n) is 6.38. The van der Waals surface area contributed by atoms with Crippen molar-refractivity contribution in [3.8, 4) is 6.07 Å². The minimum absolute atomic E-state index is 0.745. The van der Waals surface area contributed by atoms with Crippen LogP contribution in [-0.4, -0.2) is 18.0 Å². The van der Waals surface area contributed by atoms with E-state index in [1.165, 1.54) is 25.1 Å². The molecular weight excluding hydrogens is 208 g/mol. The molecule has 2 rings (SSSR count). The van der Waals surface area contributed by atoms with Crippen molar-refractivity contribution in [3.05, 3.63) is 35.4 Å². The van der Waals surface area contributed by atoms with Gasteiger partial charge >= 0.3 is 0 Å². The molecule has 2 atom stereocenters. The highest BCUT2D eigenvalue weighted by Gasteiger charge is 2.21. The molecule has 1 fully saturated rings. The normalized spacial score (nSPS) is 25.5. The molecule has 0 aliphatic carbocycles. The summed E-state index contributed by atoms with van der Waals surface area (Å²) in [4.78, 5) is 2.53. The highest BCUT2D eigenvalue weighted by molar-refractivity contribution is 5.31. The fourth-order valence-electron chi connectivity index (χ4n) is 2.86. The van der Waals surface area contributed by atoms with Crippen molar-refractivity contribution in [2.24, 2.45) is 11.8 Å². The van der Waals surface area contributed by atoms with Gasteiger partial charge in [0.25, 0.3) is 0 Å². The summed E-state index contributed by atoms with van der Waals surface area (Å²) in [7, 11) is 0. The Bertz CT molecular complexity index is 392. The zero-order valence-electron chi connectivity index (χ0n) is 10.7. The Hall–Kier alpha value is -1.33. The number of hydrogen-bond acceptors (Lipinski definition) is 2. The lowest BCUT2D eigenvalue weighted by Gasteiger charge is -2.35. The van der Waals surface area contributed by atoms with E-state index in [2.05, 4.69) is 36.9 Å². The zero-order valence-corrected chi connectivity index (χ0v) is 10.7. The van der Waals surface area contributed by atoms with Crippen LogP contribution in [0.5, 0.6) is 0 Å². The van der Waals surface area contributed by atoms with Crippen molar-refractivity contribution in [1.82, 2.24) is 4.90 Å². The molecule has 1 aliphatic heterocycles. The molecule has 2 nitrogen and oxygen atoms in total. The van der Waals surface area contributed by atoms with Gasteiger partial charge in [0.05, 0.1) is 11.6 Å². The number of nitrogens with zero attached hydrogens (tertiary/aromatic N) is 2. The van der Waals surface area contributed by atoms with Crippen LogP contribution in [0.4, 0.5) is 0 Å². The van der Waals surface area contributed by atoms with E-state index in [1.807, 2.05) is 12.1 Å². The monoisotopic (exact) mass is 228 g/mol. The molecule has 0 aromatic heterocycles. The summed E-state index contributed by atoms with van der Waals surface area (Å²) >= 11 is 0. The molecule has 17 heavy (non-hydrogen) atoms. The second-order valence-electron chi connectivity index (χ2n) is 5.45. The molecule has 0 N–H and O–H groups in total. The first-order valence-corrected chi connectivity index (χ1v) is 6.38. The molecular formula is C15H20N2. The summed E-state index contributed by atoms with van der Waals surface area (Å²) in [5.74, 6) is 1.61. The van der Waals surface area contributed by atoms with Crippen LogP contribution in [0.1, 0.15) is 31.4 Å². The van der Waals surface area contributed by atoms with Crippen LogP contribution in [0.15, 0.2) is 24.3 Å². The lowest BCUT2D eigenvalue weighted by molar-refractivity contribution is 0.134. The summed E-state index contributed by atoms with van der Waals surface area (Å²) in [5.41, 5.74) is 2.06. The predicted octanol–water partition coefficient (Wildman–Crippen LogP) is 3.04. The van der Waals surface area contributed by atoms with Crippen LogP contribution in [0.3, 0.4) is 0 Å². The highest BCUT2D eigenvalue weighted by atomic mass is 15.1. The Morgan fingerprint density at radius 3 is 2.29 bits per heavy atom. The molecule has 0 saturated carbocycles. The van der Waals surface area contributed by atoms with E-state index in [9.17, 15) is 0 Å². The Labute approximate surface area is 104 Å². The van der Waals surface area contributed by atoms with Crippen LogP contribution in [0.2, 0.25) is 0 Å². The molecule has 1 aliphatic rings. The number of rotatable bonds is 2. The van der Waals surface area contributed by atoms with Gasteiger partial charge in [-0.15, -0.1) is 0 Å². The summed E-state index contributed by atoms with van der Waals surface area (Å²) in [6, 6.07) is 10.1. The van der Waals surface area contributed by atoms with E-state index < -0.39 is 0 Å². The SMILES string of the molecule is C[C@H]1C[C@H](C)CN(Cc2ccc(C#N)cc2)C1. The standard InChI is InChI=1S/C15H20N2/c1-12-7-13(2)10-17(9-12)11-15-5-3-14(8-16)4-6-15/h3-6,12-13H,7,9-11H2,1-2H3/t12-,13-/m0/s1. The minimum Gasteiger partial charge on any atom is -0.299 e. The maximum atomic E-state index is 8.76. The van der Waals surface area contributed by atoms with Gasteiger partial charge in [-0.05, 0) is 36.0 Å². The Kier molecular flexibility index (Phi) is 3.81. The smallest absolute Gasteiger partial charge is 0.0991 e. The fourth-order valence-corrected chi connectivity index (χ4v) is 2.86. The Morgan fingerprint density at radius 1 is 1.18 bits per heavy atom. The van der Waals surface area contributed by atoms with Crippen molar-refractivity contribution < 1.29 is 0 Å². The lowest BCUT2D eigenvalue weighted by atomic mass is 9.91. The summed E-state index contributed by atoms with van der Waals surface area (Å²) in [5, 5.41) is 8.76. The average molecular weight is 228 g/mol. The van der Waals surface area contributed by atoms with E-state index in [-0.39, 0.29) is 0 Å². The summed E-state index contributed by atoms with van der Waals surface area (Å²) in [6.45, 7) is 8.08. The fraction of sp³-hybridized carbons (Fsp3) is 0.533. The van der Waals surface area contributed by atoms with E-state index in [1.54, 1.807) is 0 Å². The first-order chi connectivity index (χ1) is 8.17. The van der Waals surface area contributed by atoms with Crippen LogP contribution in [0.25, 0.3) is 0 Å². The topological polar surface area (TPSA) is 27.0 Å². The van der Waals surface area contributed by atoms with Crippen molar-refractivity contribution in [3.63, 3.8) is 0 Å². The van der Waals surface area contributed by atoms with E-state index in [0.29, 0.717) is 0 Å². The van der Waals surface area contributed by atoms with Crippen LogP contribution in [-0.2, 0) is 6.54 Å². The molecule has 1 aromatic carbocycles. The van der Waals surface area contributed by atoms with Gasteiger partial charge in [0, 0.05) is 19.6 Å². The number of hydrogen-bond donors (Lipinski definition) is 0. The van der Waals surface area contributed by atoms with Crippen molar-refractivity contribution in [2.75, 3.05) is 13.1 Å². The van der Waals surface area contributed by atoms with E-state index >= 15 is 0 Å². The highest BCUT2D eigenvalue weighted by Crippen LogP contribution is 2.22. The molecule has 0 amide bonds. The van der Waals surface area contributed by atoms with Gasteiger partial charge < -0.3 is 0 Å². The van der Waals surface area contributed by atoms with Gasteiger partial charge in [-0.1, -0.05) is 26.0 Å². The maximum absolute atomic E-state index is 8.76. The number of benzene rings is 1. The van der Waals surface area contributed by atoms with Gasteiger partial charge in [0.2, 0.25) is 0 Å². The van der Waals surface area contributed by atoms with Crippen LogP contribution >= 0.6 is 0 Å². The van der Waals surface area contributed by atoms with Crippen LogP contribution in [0, 0.1) is 23.2 Å². The van der Waals surface area contributed by atoms with Crippen molar-refractivity contribution in [2.45, 2.75) is 26.8 Å². The molecule has 1 saturated heterocycles. The maximum Gasteiger partial charge on any atom is 0.0991 e. The van der Waals surface area contributed by atoms with Crippen LogP contribution < -0.4 is 0 Å². The third-order valence-corrected chi connectivity index (χ3v) is 3.43. The molecule has 0 unspecified atom stereocenters. The Morgan fingerprint density at radius 2 is 1.76 bits per heavy atom. The largest absolute Gasteiger partial charge is 0.299 e. The van der Waals surface area contributed by atoms with E-state index in [0.717, 1.165) is 23.9 Å². The predicted molar refractivity (Wildman–Crippen MR) is 69.4 cm³/mol. The first kappa shape index (κ1) is 12.1. The van der Waals surface area contributed by atoms with Gasteiger partial charge in [-0.2, -0.15) is 5.26 Å². The molecule has 1 aromatic rings. The van der Waals surface area contributed by atoms with Gasteiger partial charge in [-0.25, -0.2) is 0 Å². The zero-order chi connectivity index (χ0) is 12.3. The lowest BCUT2D eigenvalue weighted by Crippen LogP contribution is -2.38. The summed E-state index contributed by atoms with van der Waals surface area (Å²) in [6.07, 6.45) is 1.35. The van der Waals surface area contributed by atoms with Gasteiger partial charge in [-0.3, -0.25) is 4.90 Å². The Balaban J connectivity index is 1.98. The van der Waals surface area contributed by atoms with Crippen molar-refractivity contribution >= 4 is 0 Å². The third kappa shape index (κ3) is 3.31. The number of nitriles is 1. The summed E-state index contributed by atoms with van der Waals surface area (Å²) < 4.78 is 0. The average Bonchev–Trinajstić information content (AvgIpc) is 2.28. The van der Waals surface area contributed by atoms with E-state index in [4.69, 9.17) is 5.26 Å². The molecule has 1 heterocycles. The molecule has 2 heteroatoms. The van der Waals surface area contributed by atoms with Crippen molar-refractivity contribution in [1.29, 1.82) is 5.26 Å². The molecule has 0 bridgehead atoms. The molecule has 90 valence electrons. The quantitative estimate of drug-likeness (QED) is 0.778. The minimum atomic E-state index is 0.745.